The molecule has 0 spiro atoms. The van der Waals surface area contributed by atoms with Gasteiger partial charge in [-0.3, -0.25) is 9.80 Å². The zero-order chi connectivity index (χ0) is 16.0. The van der Waals surface area contributed by atoms with Gasteiger partial charge in [-0.15, -0.1) is 0 Å². The van der Waals surface area contributed by atoms with E-state index < -0.39 is 23.7 Å². The van der Waals surface area contributed by atoms with E-state index in [-0.39, 0.29) is 0 Å². The lowest BCUT2D eigenvalue weighted by Crippen LogP contribution is -2.59. The second kappa shape index (κ2) is 7.61. The summed E-state index contributed by atoms with van der Waals surface area (Å²) >= 11 is 0. The molecule has 2 N–H and O–H groups in total. The van der Waals surface area contributed by atoms with Gasteiger partial charge in [0.2, 0.25) is 0 Å². The Hall–Kier alpha value is -1.34. The molecule has 0 aromatic heterocycles. The molecule has 1 fully saturated rings. The van der Waals surface area contributed by atoms with Crippen molar-refractivity contribution in [3.8, 4) is 0 Å². The van der Waals surface area contributed by atoms with Crippen LogP contribution in [0.3, 0.4) is 0 Å². The predicted molar refractivity (Wildman–Crippen MR) is 78.9 cm³/mol. The molecule has 1 amide bonds. The molecule has 0 aromatic rings. The Bertz CT molecular complexity index is 368. The molecule has 1 aliphatic heterocycles. The van der Waals surface area contributed by atoms with Crippen molar-refractivity contribution in [1.29, 1.82) is 0 Å². The number of methoxy groups -OCH3 is 1. The molecule has 0 aliphatic carbocycles. The first-order valence-corrected chi connectivity index (χ1v) is 7.28. The van der Waals surface area contributed by atoms with Gasteiger partial charge in [-0.05, 0) is 40.3 Å². The Morgan fingerprint density at radius 1 is 1.29 bits per heavy atom. The SMILES string of the molecule is COC(=O)C1CN(CCCN)CCN1C(=O)OC(C)(C)C. The van der Waals surface area contributed by atoms with Gasteiger partial charge in [0.25, 0.3) is 0 Å². The zero-order valence-electron chi connectivity index (χ0n) is 13.4. The second-order valence-electron chi connectivity index (χ2n) is 6.16. The van der Waals surface area contributed by atoms with E-state index in [1.165, 1.54) is 12.0 Å². The topological polar surface area (TPSA) is 85.1 Å². The lowest BCUT2D eigenvalue weighted by molar-refractivity contribution is -0.149. The summed E-state index contributed by atoms with van der Waals surface area (Å²) in [6, 6.07) is -0.628. The molecular formula is C14H27N3O4. The summed E-state index contributed by atoms with van der Waals surface area (Å²) < 4.78 is 10.2. The maximum Gasteiger partial charge on any atom is 0.411 e. The standard InChI is InChI=1S/C14H27N3O4/c1-14(2,3)21-13(19)17-9-8-16(7-5-6-15)10-11(17)12(18)20-4/h11H,5-10,15H2,1-4H3. The number of esters is 1. The maximum absolute atomic E-state index is 12.2. The fraction of sp³-hybridized carbons (Fsp3) is 0.857. The summed E-state index contributed by atoms with van der Waals surface area (Å²) in [5, 5.41) is 0. The van der Waals surface area contributed by atoms with Gasteiger partial charge in [0.05, 0.1) is 7.11 Å². The first-order valence-electron chi connectivity index (χ1n) is 7.28. The first-order chi connectivity index (χ1) is 9.78. The molecule has 21 heavy (non-hydrogen) atoms. The van der Waals surface area contributed by atoms with Crippen molar-refractivity contribution in [2.75, 3.05) is 39.8 Å². The Morgan fingerprint density at radius 3 is 2.48 bits per heavy atom. The summed E-state index contributed by atoms with van der Waals surface area (Å²) in [5.41, 5.74) is 4.92. The number of ether oxygens (including phenoxy) is 2. The van der Waals surface area contributed by atoms with Crippen molar-refractivity contribution in [2.24, 2.45) is 5.73 Å². The van der Waals surface area contributed by atoms with E-state index in [1.807, 2.05) is 0 Å². The third-order valence-corrected chi connectivity index (χ3v) is 3.24. The van der Waals surface area contributed by atoms with Crippen LogP contribution in [0.1, 0.15) is 27.2 Å². The van der Waals surface area contributed by atoms with E-state index in [0.717, 1.165) is 13.0 Å². The summed E-state index contributed by atoms with van der Waals surface area (Å²) in [5.74, 6) is -0.418. The van der Waals surface area contributed by atoms with Crippen molar-refractivity contribution in [2.45, 2.75) is 38.8 Å². The molecule has 7 nitrogen and oxygen atoms in total. The predicted octanol–water partition coefficient (Wildman–Crippen LogP) is 0.430. The van der Waals surface area contributed by atoms with Crippen LogP contribution in [0, 0.1) is 0 Å². The fourth-order valence-electron chi connectivity index (χ4n) is 2.23. The number of hydrogen-bond acceptors (Lipinski definition) is 6. The third-order valence-electron chi connectivity index (χ3n) is 3.24. The van der Waals surface area contributed by atoms with Crippen molar-refractivity contribution < 1.29 is 19.1 Å². The lowest BCUT2D eigenvalue weighted by Gasteiger charge is -2.40. The number of carbonyl (C=O) groups excluding carboxylic acids is 2. The minimum atomic E-state index is -0.628. The van der Waals surface area contributed by atoms with Gasteiger partial charge in [0, 0.05) is 19.6 Å². The molecule has 122 valence electrons. The number of nitrogens with two attached hydrogens (primary N) is 1. The van der Waals surface area contributed by atoms with Crippen LogP contribution in [0.2, 0.25) is 0 Å². The number of rotatable bonds is 4. The molecule has 0 bridgehead atoms. The summed E-state index contributed by atoms with van der Waals surface area (Å²) in [6.07, 6.45) is 0.386. The number of piperazine rings is 1. The number of hydrogen-bond donors (Lipinski definition) is 1. The molecule has 0 saturated carbocycles. The smallest absolute Gasteiger partial charge is 0.411 e. The van der Waals surface area contributed by atoms with Crippen LogP contribution in [0.5, 0.6) is 0 Å². The monoisotopic (exact) mass is 301 g/mol. The van der Waals surface area contributed by atoms with Gasteiger partial charge >= 0.3 is 12.1 Å². The molecule has 0 radical (unpaired) electrons. The molecule has 1 rings (SSSR count). The quantitative estimate of drug-likeness (QED) is 0.758. The fourth-order valence-corrected chi connectivity index (χ4v) is 2.23. The Balaban J connectivity index is 2.74. The second-order valence-corrected chi connectivity index (χ2v) is 6.16. The highest BCUT2D eigenvalue weighted by molar-refractivity contribution is 5.82. The molecule has 1 aliphatic rings. The van der Waals surface area contributed by atoms with Crippen LogP contribution in [0.4, 0.5) is 4.79 Å². The molecule has 1 heterocycles. The van der Waals surface area contributed by atoms with Gasteiger partial charge in [-0.25, -0.2) is 9.59 Å². The molecule has 1 atom stereocenters. The van der Waals surface area contributed by atoms with E-state index in [0.29, 0.717) is 26.2 Å². The van der Waals surface area contributed by atoms with Crippen LogP contribution in [0.15, 0.2) is 0 Å². The highest BCUT2D eigenvalue weighted by Crippen LogP contribution is 2.17. The van der Waals surface area contributed by atoms with Crippen molar-refractivity contribution >= 4 is 12.1 Å². The van der Waals surface area contributed by atoms with Gasteiger partial charge in [0.15, 0.2) is 0 Å². The van der Waals surface area contributed by atoms with Gasteiger partial charge in [0.1, 0.15) is 11.6 Å². The molecule has 1 unspecified atom stereocenters. The van der Waals surface area contributed by atoms with Crippen LogP contribution in [-0.4, -0.2) is 73.3 Å². The van der Waals surface area contributed by atoms with Crippen molar-refractivity contribution in [3.05, 3.63) is 0 Å². The maximum atomic E-state index is 12.2. The van der Waals surface area contributed by atoms with E-state index in [2.05, 4.69) is 4.90 Å². The van der Waals surface area contributed by atoms with Crippen molar-refractivity contribution in [3.63, 3.8) is 0 Å². The normalized spacial score (nSPS) is 20.2. The van der Waals surface area contributed by atoms with Crippen LogP contribution in [-0.2, 0) is 14.3 Å². The Morgan fingerprint density at radius 2 is 1.95 bits per heavy atom. The van der Waals surface area contributed by atoms with E-state index >= 15 is 0 Å². The average molecular weight is 301 g/mol. The number of amides is 1. The van der Waals surface area contributed by atoms with Crippen LogP contribution in [0.25, 0.3) is 0 Å². The largest absolute Gasteiger partial charge is 0.467 e. The molecule has 7 heteroatoms. The minimum Gasteiger partial charge on any atom is -0.467 e. The molecule has 1 saturated heterocycles. The highest BCUT2D eigenvalue weighted by Gasteiger charge is 2.37. The number of nitrogens with zero attached hydrogens (tertiary/aromatic N) is 2. The summed E-state index contributed by atoms with van der Waals surface area (Å²) in [7, 11) is 1.33. The van der Waals surface area contributed by atoms with E-state index in [4.69, 9.17) is 15.2 Å². The first kappa shape index (κ1) is 17.7. The number of carbonyl (C=O) groups is 2. The Kier molecular flexibility index (Phi) is 6.42. The van der Waals surface area contributed by atoms with Gasteiger partial charge in [-0.2, -0.15) is 0 Å². The lowest BCUT2D eigenvalue weighted by atomic mass is 10.1. The van der Waals surface area contributed by atoms with E-state index in [1.54, 1.807) is 20.8 Å². The van der Waals surface area contributed by atoms with Crippen LogP contribution < -0.4 is 5.73 Å². The summed E-state index contributed by atoms with van der Waals surface area (Å²) in [4.78, 5) is 27.7. The Labute approximate surface area is 126 Å². The average Bonchev–Trinajstić information content (AvgIpc) is 2.42. The highest BCUT2D eigenvalue weighted by atomic mass is 16.6. The minimum absolute atomic E-state index is 0.418. The third kappa shape index (κ3) is 5.51. The van der Waals surface area contributed by atoms with Gasteiger partial charge in [-0.1, -0.05) is 0 Å². The van der Waals surface area contributed by atoms with Crippen LogP contribution >= 0.6 is 0 Å². The van der Waals surface area contributed by atoms with E-state index in [9.17, 15) is 9.59 Å². The zero-order valence-corrected chi connectivity index (χ0v) is 13.4. The van der Waals surface area contributed by atoms with Gasteiger partial charge < -0.3 is 15.2 Å². The summed E-state index contributed by atoms with van der Waals surface area (Å²) in [6.45, 7) is 8.42. The van der Waals surface area contributed by atoms with Crippen molar-refractivity contribution in [1.82, 2.24) is 9.80 Å². The molecule has 0 aromatic carbocycles. The molecular weight excluding hydrogens is 274 g/mol.